The van der Waals surface area contributed by atoms with Crippen LogP contribution in [0.4, 0.5) is 5.69 Å². The van der Waals surface area contributed by atoms with Gasteiger partial charge in [-0.3, -0.25) is 14.4 Å². The molecule has 3 rings (SSSR count). The maximum absolute atomic E-state index is 11.5. The van der Waals surface area contributed by atoms with Gasteiger partial charge in [-0.25, -0.2) is 4.99 Å². The fourth-order valence-electron chi connectivity index (χ4n) is 4.12. The number of hydrogen-bond donors (Lipinski definition) is 2. The van der Waals surface area contributed by atoms with Crippen molar-refractivity contribution < 1.29 is 14.4 Å². The maximum Gasteiger partial charge on any atom is 0.239 e. The summed E-state index contributed by atoms with van der Waals surface area (Å²) in [4.78, 5) is 42.7. The smallest absolute Gasteiger partial charge is 0.239 e. The van der Waals surface area contributed by atoms with E-state index in [9.17, 15) is 14.4 Å². The molecule has 2 aromatic carbocycles. The fraction of sp³-hybridized carbons (Fsp3) is 0.355. The Balaban J connectivity index is 0.000000580. The van der Waals surface area contributed by atoms with Gasteiger partial charge in [0.1, 0.15) is 12.1 Å². The molecule has 0 radical (unpaired) electrons. The summed E-state index contributed by atoms with van der Waals surface area (Å²) < 4.78 is 0. The van der Waals surface area contributed by atoms with Crippen LogP contribution in [-0.2, 0) is 9.59 Å². The summed E-state index contributed by atoms with van der Waals surface area (Å²) >= 11 is 0. The standard InChI is InChI=1S/C24H24N4O3.C7H17N/c1-26-24(31)13-28(2)8-7-19-11-17(4-6-21(19)15-30)18-3-5-20-9-16(14-29)10-23(25)27-22(20)12-18;1-4-6-8(3)7-5-2/h3-9,11-12,14-15H,10,13H2,1-2H3,(H2,25,27)(H,26,31);4-7H2,1-3H3/b8-7-;. The van der Waals surface area contributed by atoms with Crippen LogP contribution < -0.4 is 11.1 Å². The van der Waals surface area contributed by atoms with Crippen LogP contribution in [0.25, 0.3) is 23.3 Å². The van der Waals surface area contributed by atoms with Crippen LogP contribution >= 0.6 is 0 Å². The normalized spacial score (nSPS) is 12.5. The van der Waals surface area contributed by atoms with Crippen LogP contribution in [0.5, 0.6) is 0 Å². The van der Waals surface area contributed by atoms with E-state index in [1.165, 1.54) is 25.9 Å². The minimum atomic E-state index is -0.104. The Morgan fingerprint density at radius 1 is 1.00 bits per heavy atom. The average Bonchev–Trinajstić information content (AvgIpc) is 3.09. The molecule has 8 heteroatoms. The lowest BCUT2D eigenvalue weighted by Gasteiger charge is -2.13. The number of aliphatic imine (C=N–C) groups is 1. The minimum absolute atomic E-state index is 0.104. The van der Waals surface area contributed by atoms with E-state index >= 15 is 0 Å². The van der Waals surface area contributed by atoms with Crippen LogP contribution in [0.15, 0.2) is 53.2 Å². The van der Waals surface area contributed by atoms with E-state index in [2.05, 4.69) is 36.1 Å². The first-order valence-electron chi connectivity index (χ1n) is 13.2. The van der Waals surface area contributed by atoms with Crippen molar-refractivity contribution in [3.05, 3.63) is 64.9 Å². The monoisotopic (exact) mass is 531 g/mol. The zero-order valence-corrected chi connectivity index (χ0v) is 23.7. The molecule has 1 amide bonds. The van der Waals surface area contributed by atoms with Crippen molar-refractivity contribution in [2.45, 2.75) is 33.1 Å². The van der Waals surface area contributed by atoms with Gasteiger partial charge in [-0.15, -0.1) is 0 Å². The van der Waals surface area contributed by atoms with Gasteiger partial charge in [0.15, 0.2) is 6.29 Å². The molecule has 1 aliphatic heterocycles. The molecule has 0 spiro atoms. The van der Waals surface area contributed by atoms with Crippen molar-refractivity contribution >= 4 is 42.2 Å². The largest absolute Gasteiger partial charge is 0.387 e. The molecule has 0 aromatic heterocycles. The van der Waals surface area contributed by atoms with E-state index < -0.39 is 0 Å². The molecule has 1 heterocycles. The quantitative estimate of drug-likeness (QED) is 0.413. The summed E-state index contributed by atoms with van der Waals surface area (Å²) in [6.07, 6.45) is 9.82. The van der Waals surface area contributed by atoms with Gasteiger partial charge >= 0.3 is 0 Å². The van der Waals surface area contributed by atoms with E-state index in [0.717, 1.165) is 34.8 Å². The molecule has 8 nitrogen and oxygen atoms in total. The molecule has 0 aliphatic carbocycles. The first-order chi connectivity index (χ1) is 18.7. The number of nitrogens with one attached hydrogen (secondary N) is 1. The van der Waals surface area contributed by atoms with Crippen molar-refractivity contribution in [2.24, 2.45) is 10.7 Å². The van der Waals surface area contributed by atoms with Gasteiger partial charge in [0.05, 0.1) is 12.2 Å². The Bertz CT molecular complexity index is 1230. The Kier molecular flexibility index (Phi) is 12.8. The number of hydrogen-bond acceptors (Lipinski definition) is 7. The number of nitrogens with zero attached hydrogens (tertiary/aromatic N) is 3. The van der Waals surface area contributed by atoms with Gasteiger partial charge in [0, 0.05) is 37.2 Å². The molecule has 0 fully saturated rings. The second-order valence-electron chi connectivity index (χ2n) is 9.56. The molecule has 0 unspecified atom stereocenters. The number of amides is 1. The molecule has 0 saturated heterocycles. The highest BCUT2D eigenvalue weighted by Crippen LogP contribution is 2.32. The van der Waals surface area contributed by atoms with Gasteiger partial charge in [0.25, 0.3) is 0 Å². The van der Waals surface area contributed by atoms with Gasteiger partial charge < -0.3 is 20.9 Å². The minimum Gasteiger partial charge on any atom is -0.387 e. The van der Waals surface area contributed by atoms with E-state index in [0.29, 0.717) is 29.1 Å². The topological polar surface area (TPSA) is 108 Å². The highest BCUT2D eigenvalue weighted by atomic mass is 16.2. The number of rotatable bonds is 11. The third kappa shape index (κ3) is 9.98. The fourth-order valence-corrected chi connectivity index (χ4v) is 4.12. The van der Waals surface area contributed by atoms with Crippen molar-refractivity contribution in [3.63, 3.8) is 0 Å². The first-order valence-corrected chi connectivity index (χ1v) is 13.2. The molecular weight excluding hydrogens is 490 g/mol. The number of nitrogens with two attached hydrogens (primary N) is 1. The molecule has 2 aromatic rings. The molecular formula is C31H41N5O3. The van der Waals surface area contributed by atoms with Crippen molar-refractivity contribution in [3.8, 4) is 11.1 Å². The number of amidine groups is 1. The number of carbonyl (C=O) groups is 3. The molecule has 0 bridgehead atoms. The third-order valence-corrected chi connectivity index (χ3v) is 6.11. The number of carbonyl (C=O) groups excluding carboxylic acids is 3. The van der Waals surface area contributed by atoms with E-state index in [1.807, 2.05) is 30.3 Å². The summed E-state index contributed by atoms with van der Waals surface area (Å²) in [6.45, 7) is 7.13. The third-order valence-electron chi connectivity index (χ3n) is 6.11. The van der Waals surface area contributed by atoms with Crippen molar-refractivity contribution in [1.29, 1.82) is 0 Å². The molecule has 1 aliphatic rings. The zero-order chi connectivity index (χ0) is 28.8. The maximum atomic E-state index is 11.5. The molecule has 39 heavy (non-hydrogen) atoms. The second kappa shape index (κ2) is 16.0. The van der Waals surface area contributed by atoms with Gasteiger partial charge in [-0.1, -0.05) is 38.1 Å². The predicted molar refractivity (Wildman–Crippen MR) is 161 cm³/mol. The molecule has 0 saturated carbocycles. The molecule has 3 N–H and O–H groups in total. The first kappa shape index (κ1) is 31.2. The summed E-state index contributed by atoms with van der Waals surface area (Å²) in [5.41, 5.74) is 11.1. The Labute approximate surface area is 232 Å². The highest BCUT2D eigenvalue weighted by Gasteiger charge is 2.12. The van der Waals surface area contributed by atoms with Crippen LogP contribution in [0.2, 0.25) is 0 Å². The van der Waals surface area contributed by atoms with Gasteiger partial charge in [-0.2, -0.15) is 0 Å². The van der Waals surface area contributed by atoms with Gasteiger partial charge in [0.2, 0.25) is 5.91 Å². The lowest BCUT2D eigenvalue weighted by atomic mass is 9.97. The van der Waals surface area contributed by atoms with Gasteiger partial charge in [-0.05, 0) is 80.2 Å². The summed E-state index contributed by atoms with van der Waals surface area (Å²) in [6, 6.07) is 11.3. The number of aldehydes is 2. The summed E-state index contributed by atoms with van der Waals surface area (Å²) in [7, 11) is 5.54. The van der Waals surface area contributed by atoms with E-state index in [-0.39, 0.29) is 12.5 Å². The summed E-state index contributed by atoms with van der Waals surface area (Å²) in [5.74, 6) is 0.279. The lowest BCUT2D eigenvalue weighted by Crippen LogP contribution is -2.29. The van der Waals surface area contributed by atoms with Crippen LogP contribution in [-0.4, -0.2) is 74.9 Å². The van der Waals surface area contributed by atoms with E-state index in [4.69, 9.17) is 5.73 Å². The van der Waals surface area contributed by atoms with Crippen LogP contribution in [0.1, 0.15) is 54.6 Å². The number of benzene rings is 2. The Hall–Kier alpha value is -4.04. The summed E-state index contributed by atoms with van der Waals surface area (Å²) in [5, 5.41) is 2.57. The number of likely N-dealkylation sites (N-methyl/N-ethyl adjacent to an activating group) is 2. The Morgan fingerprint density at radius 3 is 2.28 bits per heavy atom. The zero-order valence-electron chi connectivity index (χ0n) is 23.7. The average molecular weight is 532 g/mol. The highest BCUT2D eigenvalue weighted by molar-refractivity contribution is 5.98. The lowest BCUT2D eigenvalue weighted by molar-refractivity contribution is -0.121. The molecule has 208 valence electrons. The second-order valence-corrected chi connectivity index (χ2v) is 9.56. The number of fused-ring (bicyclic) bond motifs is 1. The predicted octanol–water partition coefficient (Wildman–Crippen LogP) is 4.53. The van der Waals surface area contributed by atoms with Crippen LogP contribution in [0.3, 0.4) is 0 Å². The van der Waals surface area contributed by atoms with Crippen LogP contribution in [0, 0.1) is 0 Å². The SMILES string of the molecule is CCCN(C)CCC.CNC(=O)CN(C)/C=C\c1cc(-c2ccc3c(c2)N=C(N)CC(C=O)=C3)ccc1C=O. The Morgan fingerprint density at radius 2 is 1.67 bits per heavy atom. The molecule has 0 atom stereocenters. The van der Waals surface area contributed by atoms with Crippen molar-refractivity contribution in [1.82, 2.24) is 15.1 Å². The van der Waals surface area contributed by atoms with Crippen molar-refractivity contribution in [2.75, 3.05) is 40.8 Å². The van der Waals surface area contributed by atoms with E-state index in [1.54, 1.807) is 43.4 Å².